The minimum Gasteiger partial charge on any atom is -0.497 e. The van der Waals surface area contributed by atoms with E-state index in [-0.39, 0.29) is 11.5 Å². The molecular weight excluding hydrogens is 399 g/mol. The van der Waals surface area contributed by atoms with E-state index < -0.39 is 5.82 Å². The molecule has 1 saturated carbocycles. The maximum absolute atomic E-state index is 14.3. The lowest BCUT2D eigenvalue weighted by Crippen LogP contribution is -2.49. The fraction of sp³-hybridized carbons (Fsp3) is 0.364. The number of aromatic nitrogens is 3. The third kappa shape index (κ3) is 3.95. The Bertz CT molecular complexity index is 1130. The van der Waals surface area contributed by atoms with Crippen LogP contribution in [0.3, 0.4) is 0 Å². The molecule has 2 fully saturated rings. The number of nitrogens with zero attached hydrogens (tertiary/aromatic N) is 5. The second-order valence-electron chi connectivity index (χ2n) is 7.80. The van der Waals surface area contributed by atoms with Crippen molar-refractivity contribution in [2.24, 2.45) is 0 Å². The largest absolute Gasteiger partial charge is 0.497 e. The van der Waals surface area contributed by atoms with Crippen molar-refractivity contribution in [3.63, 3.8) is 0 Å². The summed E-state index contributed by atoms with van der Waals surface area (Å²) in [5.74, 6) is 1.04. The molecule has 1 amide bonds. The van der Waals surface area contributed by atoms with Gasteiger partial charge < -0.3 is 19.9 Å². The standard InChI is InChI=1S/C22H23FN6O2/c1-31-15-4-5-16(17(23)12-15)22(30)29-10-8-28(9-11-29)21-20(25-14-2-3-14)26-18-6-7-24-13-19(18)27-21/h4-7,12-14H,2-3,8-11H2,1H3,(H,25,26). The Morgan fingerprint density at radius 3 is 2.65 bits per heavy atom. The van der Waals surface area contributed by atoms with Gasteiger partial charge in [-0.25, -0.2) is 14.4 Å². The Morgan fingerprint density at radius 1 is 1.13 bits per heavy atom. The highest BCUT2D eigenvalue weighted by Crippen LogP contribution is 2.31. The van der Waals surface area contributed by atoms with E-state index in [1.165, 1.54) is 19.2 Å². The number of halogens is 1. The summed E-state index contributed by atoms with van der Waals surface area (Å²) < 4.78 is 19.4. The lowest BCUT2D eigenvalue weighted by atomic mass is 10.1. The van der Waals surface area contributed by atoms with E-state index >= 15 is 0 Å². The van der Waals surface area contributed by atoms with Crippen LogP contribution in [0, 0.1) is 5.82 Å². The molecule has 5 rings (SSSR count). The molecule has 8 nitrogen and oxygen atoms in total. The van der Waals surface area contributed by atoms with Crippen molar-refractivity contribution in [1.82, 2.24) is 19.9 Å². The molecule has 0 spiro atoms. The van der Waals surface area contributed by atoms with Gasteiger partial charge >= 0.3 is 0 Å². The summed E-state index contributed by atoms with van der Waals surface area (Å²) in [6, 6.07) is 6.60. The van der Waals surface area contributed by atoms with Gasteiger partial charge in [-0.05, 0) is 31.0 Å². The zero-order valence-electron chi connectivity index (χ0n) is 17.2. The lowest BCUT2D eigenvalue weighted by Gasteiger charge is -2.36. The number of ether oxygens (including phenoxy) is 1. The van der Waals surface area contributed by atoms with Crippen molar-refractivity contribution in [1.29, 1.82) is 0 Å². The van der Waals surface area contributed by atoms with Crippen LogP contribution in [-0.4, -0.2) is 65.1 Å². The molecule has 1 saturated heterocycles. The van der Waals surface area contributed by atoms with Crippen LogP contribution in [0.25, 0.3) is 11.0 Å². The Hall–Kier alpha value is -3.49. The van der Waals surface area contributed by atoms with E-state index in [0.717, 1.165) is 35.5 Å². The smallest absolute Gasteiger partial charge is 0.256 e. The van der Waals surface area contributed by atoms with E-state index in [0.29, 0.717) is 38.0 Å². The van der Waals surface area contributed by atoms with Crippen molar-refractivity contribution in [2.75, 3.05) is 43.5 Å². The van der Waals surface area contributed by atoms with Gasteiger partial charge in [0.15, 0.2) is 11.6 Å². The minimum absolute atomic E-state index is 0.0573. The number of carbonyl (C=O) groups excluding carboxylic acids is 1. The van der Waals surface area contributed by atoms with Crippen LogP contribution in [-0.2, 0) is 0 Å². The summed E-state index contributed by atoms with van der Waals surface area (Å²) in [6.07, 6.45) is 5.68. The Labute approximate surface area is 179 Å². The number of hydrogen-bond acceptors (Lipinski definition) is 7. The number of methoxy groups -OCH3 is 1. The van der Waals surface area contributed by atoms with Crippen molar-refractivity contribution >= 4 is 28.6 Å². The molecule has 2 aliphatic rings. The van der Waals surface area contributed by atoms with Crippen LogP contribution in [0.15, 0.2) is 36.7 Å². The van der Waals surface area contributed by atoms with E-state index in [1.807, 2.05) is 6.07 Å². The maximum atomic E-state index is 14.3. The first kappa shape index (κ1) is 19.5. The number of fused-ring (bicyclic) bond motifs is 1. The highest BCUT2D eigenvalue weighted by atomic mass is 19.1. The lowest BCUT2D eigenvalue weighted by molar-refractivity contribution is 0.0742. The van der Waals surface area contributed by atoms with Crippen LogP contribution in [0.5, 0.6) is 5.75 Å². The molecule has 1 aliphatic heterocycles. The maximum Gasteiger partial charge on any atom is 0.256 e. The quantitative estimate of drug-likeness (QED) is 0.677. The van der Waals surface area contributed by atoms with Crippen LogP contribution in [0.1, 0.15) is 23.2 Å². The minimum atomic E-state index is -0.574. The molecule has 0 bridgehead atoms. The fourth-order valence-corrected chi connectivity index (χ4v) is 3.72. The molecule has 0 atom stereocenters. The molecule has 31 heavy (non-hydrogen) atoms. The molecule has 0 radical (unpaired) electrons. The van der Waals surface area contributed by atoms with E-state index in [9.17, 15) is 9.18 Å². The van der Waals surface area contributed by atoms with Crippen LogP contribution >= 0.6 is 0 Å². The summed E-state index contributed by atoms with van der Waals surface area (Å²) in [5.41, 5.74) is 1.59. The average molecular weight is 422 g/mol. The van der Waals surface area contributed by atoms with Crippen molar-refractivity contribution in [3.8, 4) is 5.75 Å². The van der Waals surface area contributed by atoms with Crippen LogP contribution in [0.2, 0.25) is 0 Å². The molecule has 3 aromatic rings. The van der Waals surface area contributed by atoms with Crippen LogP contribution < -0.4 is 15.0 Å². The van der Waals surface area contributed by atoms with Gasteiger partial charge in [0.1, 0.15) is 17.1 Å². The van der Waals surface area contributed by atoms with Crippen molar-refractivity contribution < 1.29 is 13.9 Å². The zero-order valence-corrected chi connectivity index (χ0v) is 17.2. The molecule has 1 N–H and O–H groups in total. The second-order valence-corrected chi connectivity index (χ2v) is 7.80. The number of rotatable bonds is 5. The molecular formula is C22H23FN6O2. The van der Waals surface area contributed by atoms with Gasteiger partial charge in [-0.15, -0.1) is 0 Å². The highest BCUT2D eigenvalue weighted by molar-refractivity contribution is 5.95. The number of piperazine rings is 1. The molecule has 1 aromatic carbocycles. The number of anilines is 2. The summed E-state index contributed by atoms with van der Waals surface area (Å²) in [4.78, 5) is 30.3. The molecule has 160 valence electrons. The number of nitrogens with one attached hydrogen (secondary N) is 1. The molecule has 0 unspecified atom stereocenters. The summed E-state index contributed by atoms with van der Waals surface area (Å²) in [6.45, 7) is 2.12. The number of hydrogen-bond donors (Lipinski definition) is 1. The number of carbonyl (C=O) groups is 1. The summed E-state index contributed by atoms with van der Waals surface area (Å²) in [5, 5.41) is 3.47. The third-order valence-electron chi connectivity index (χ3n) is 5.64. The molecule has 1 aliphatic carbocycles. The van der Waals surface area contributed by atoms with E-state index in [2.05, 4.69) is 15.2 Å². The Kier molecular flexibility index (Phi) is 5.01. The predicted molar refractivity (Wildman–Crippen MR) is 115 cm³/mol. The topological polar surface area (TPSA) is 83.5 Å². The van der Waals surface area contributed by atoms with Gasteiger partial charge in [0, 0.05) is 44.5 Å². The van der Waals surface area contributed by atoms with Crippen molar-refractivity contribution in [3.05, 3.63) is 48.0 Å². The number of amides is 1. The van der Waals surface area contributed by atoms with Gasteiger partial charge in [-0.2, -0.15) is 0 Å². The first-order valence-corrected chi connectivity index (χ1v) is 10.4. The summed E-state index contributed by atoms with van der Waals surface area (Å²) in [7, 11) is 1.47. The number of pyridine rings is 1. The predicted octanol–water partition coefficient (Wildman–Crippen LogP) is 2.71. The average Bonchev–Trinajstić information content (AvgIpc) is 3.62. The summed E-state index contributed by atoms with van der Waals surface area (Å²) >= 11 is 0. The molecule has 3 heterocycles. The third-order valence-corrected chi connectivity index (χ3v) is 5.64. The first-order valence-electron chi connectivity index (χ1n) is 10.4. The Balaban J connectivity index is 1.34. The van der Waals surface area contributed by atoms with Gasteiger partial charge in [0.25, 0.3) is 5.91 Å². The first-order chi connectivity index (χ1) is 15.1. The van der Waals surface area contributed by atoms with Gasteiger partial charge in [-0.1, -0.05) is 0 Å². The van der Waals surface area contributed by atoms with Crippen LogP contribution in [0.4, 0.5) is 16.0 Å². The van der Waals surface area contributed by atoms with Crippen molar-refractivity contribution in [2.45, 2.75) is 18.9 Å². The van der Waals surface area contributed by atoms with Gasteiger partial charge in [0.05, 0.1) is 24.4 Å². The van der Waals surface area contributed by atoms with E-state index in [4.69, 9.17) is 14.7 Å². The van der Waals surface area contributed by atoms with Gasteiger partial charge in [0.2, 0.25) is 0 Å². The fourth-order valence-electron chi connectivity index (χ4n) is 3.72. The molecule has 9 heteroatoms. The van der Waals surface area contributed by atoms with Gasteiger partial charge in [-0.3, -0.25) is 9.78 Å². The van der Waals surface area contributed by atoms with E-state index in [1.54, 1.807) is 23.4 Å². The SMILES string of the molecule is COc1ccc(C(=O)N2CCN(c3nc4cnccc4nc3NC3CC3)CC2)c(F)c1. The normalized spacial score (nSPS) is 16.5. The molecule has 2 aromatic heterocycles. The zero-order chi connectivity index (χ0) is 21.4. The number of benzene rings is 1. The monoisotopic (exact) mass is 422 g/mol. The second kappa shape index (κ2) is 7.98. The Morgan fingerprint density at radius 2 is 1.94 bits per heavy atom. The highest BCUT2D eigenvalue weighted by Gasteiger charge is 2.29.